The van der Waals surface area contributed by atoms with Gasteiger partial charge in [-0.15, -0.1) is 0 Å². The Kier molecular flexibility index (Phi) is 4.92. The molecule has 2 aromatic rings. The normalized spacial score (nSPS) is 10.8. The van der Waals surface area contributed by atoms with Gasteiger partial charge in [0.05, 0.1) is 23.5 Å². The van der Waals surface area contributed by atoms with E-state index in [-0.39, 0.29) is 12.2 Å². The van der Waals surface area contributed by atoms with E-state index in [4.69, 9.17) is 9.84 Å². The summed E-state index contributed by atoms with van der Waals surface area (Å²) in [7, 11) is 0. The maximum atomic E-state index is 10.9. The smallest absolute Gasteiger partial charge is 0.337 e. The summed E-state index contributed by atoms with van der Waals surface area (Å²) in [4.78, 5) is 14.7. The molecule has 0 fully saturated rings. The van der Waals surface area contributed by atoms with Crippen molar-refractivity contribution in [3.63, 3.8) is 0 Å². The van der Waals surface area contributed by atoms with Crippen LogP contribution in [-0.4, -0.2) is 25.8 Å². The number of ether oxygens (including phenoxy) is 1. The van der Waals surface area contributed by atoms with Crippen molar-refractivity contribution in [1.82, 2.24) is 14.8 Å². The van der Waals surface area contributed by atoms with Crippen LogP contribution in [0.5, 0.6) is 5.75 Å². The van der Waals surface area contributed by atoms with Crippen molar-refractivity contribution in [1.29, 1.82) is 0 Å². The molecular weight excluding hydrogens is 270 g/mol. The summed E-state index contributed by atoms with van der Waals surface area (Å²) < 4.78 is 7.49. The van der Waals surface area contributed by atoms with Gasteiger partial charge in [0, 0.05) is 12.4 Å². The standard InChI is InChI=1S/C15H19N3O3/c1-3-13(4-2)18-6-5-12(17-18)10-21-14-7-11(15(19)20)8-16-9-14/h5-9,13H,3-4,10H2,1-2H3,(H,19,20). The highest BCUT2D eigenvalue weighted by atomic mass is 16.5. The van der Waals surface area contributed by atoms with Crippen LogP contribution in [0.4, 0.5) is 0 Å². The summed E-state index contributed by atoms with van der Waals surface area (Å²) in [6.07, 6.45) is 6.79. The number of nitrogens with zero attached hydrogens (tertiary/aromatic N) is 3. The highest BCUT2D eigenvalue weighted by Gasteiger charge is 2.09. The molecule has 21 heavy (non-hydrogen) atoms. The van der Waals surface area contributed by atoms with E-state index in [2.05, 4.69) is 23.9 Å². The lowest BCUT2D eigenvalue weighted by Crippen LogP contribution is -2.08. The molecule has 0 aliphatic heterocycles. The van der Waals surface area contributed by atoms with Gasteiger partial charge in [-0.1, -0.05) is 13.8 Å². The van der Waals surface area contributed by atoms with Crippen molar-refractivity contribution >= 4 is 5.97 Å². The molecule has 2 aromatic heterocycles. The number of pyridine rings is 1. The molecule has 0 atom stereocenters. The van der Waals surface area contributed by atoms with Crippen molar-refractivity contribution < 1.29 is 14.6 Å². The fraction of sp³-hybridized carbons (Fsp3) is 0.400. The first-order valence-electron chi connectivity index (χ1n) is 6.99. The highest BCUT2D eigenvalue weighted by molar-refractivity contribution is 5.87. The zero-order valence-corrected chi connectivity index (χ0v) is 12.2. The van der Waals surface area contributed by atoms with Crippen molar-refractivity contribution in [2.75, 3.05) is 0 Å². The average molecular weight is 289 g/mol. The topological polar surface area (TPSA) is 77.2 Å². The van der Waals surface area contributed by atoms with Crippen LogP contribution < -0.4 is 4.74 Å². The third-order valence-electron chi connectivity index (χ3n) is 3.33. The van der Waals surface area contributed by atoms with Crippen molar-refractivity contribution in [2.45, 2.75) is 39.3 Å². The maximum Gasteiger partial charge on any atom is 0.337 e. The van der Waals surface area contributed by atoms with Gasteiger partial charge in [0.1, 0.15) is 12.4 Å². The number of aromatic nitrogens is 3. The van der Waals surface area contributed by atoms with E-state index >= 15 is 0 Å². The second kappa shape index (κ2) is 6.88. The first-order valence-corrected chi connectivity index (χ1v) is 6.99. The number of aromatic carboxylic acids is 1. The van der Waals surface area contributed by atoms with Gasteiger partial charge in [-0.3, -0.25) is 9.67 Å². The molecule has 6 nitrogen and oxygen atoms in total. The summed E-state index contributed by atoms with van der Waals surface area (Å²) in [6.45, 7) is 4.56. The molecule has 0 spiro atoms. The Morgan fingerprint density at radius 3 is 2.81 bits per heavy atom. The van der Waals surface area contributed by atoms with E-state index in [1.807, 2.05) is 16.9 Å². The number of rotatable bonds is 7. The molecule has 0 bridgehead atoms. The number of carbonyl (C=O) groups is 1. The van der Waals surface area contributed by atoms with Crippen LogP contribution >= 0.6 is 0 Å². The monoisotopic (exact) mass is 289 g/mol. The van der Waals surface area contributed by atoms with Gasteiger partial charge in [-0.2, -0.15) is 5.10 Å². The largest absolute Gasteiger partial charge is 0.486 e. The summed E-state index contributed by atoms with van der Waals surface area (Å²) in [5, 5.41) is 13.4. The second-order valence-corrected chi connectivity index (χ2v) is 4.76. The summed E-state index contributed by atoms with van der Waals surface area (Å²) in [5.41, 5.74) is 0.915. The molecule has 2 heterocycles. The molecule has 2 rings (SSSR count). The molecular formula is C15H19N3O3. The van der Waals surface area contributed by atoms with E-state index < -0.39 is 5.97 Å². The molecule has 0 radical (unpaired) electrons. The average Bonchev–Trinajstić information content (AvgIpc) is 2.95. The third kappa shape index (κ3) is 3.81. The summed E-state index contributed by atoms with van der Waals surface area (Å²) >= 11 is 0. The minimum absolute atomic E-state index is 0.107. The van der Waals surface area contributed by atoms with Gasteiger partial charge >= 0.3 is 5.97 Å². The SMILES string of the molecule is CCC(CC)n1ccc(COc2cncc(C(=O)O)c2)n1. The lowest BCUT2D eigenvalue weighted by molar-refractivity contribution is 0.0696. The highest BCUT2D eigenvalue weighted by Crippen LogP contribution is 2.16. The number of hydrogen-bond acceptors (Lipinski definition) is 4. The van der Waals surface area contributed by atoms with E-state index in [0.717, 1.165) is 18.5 Å². The number of hydrogen-bond donors (Lipinski definition) is 1. The van der Waals surface area contributed by atoms with Crippen molar-refractivity contribution in [3.05, 3.63) is 42.0 Å². The summed E-state index contributed by atoms with van der Waals surface area (Å²) in [5.74, 6) is -0.599. The molecule has 0 saturated carbocycles. The van der Waals surface area contributed by atoms with Crippen LogP contribution in [0.2, 0.25) is 0 Å². The zero-order chi connectivity index (χ0) is 15.2. The quantitative estimate of drug-likeness (QED) is 0.848. The van der Waals surface area contributed by atoms with Gasteiger partial charge in [0.25, 0.3) is 0 Å². The lowest BCUT2D eigenvalue weighted by Gasteiger charge is -2.12. The predicted molar refractivity (Wildman–Crippen MR) is 77.4 cm³/mol. The Hall–Kier alpha value is -2.37. The van der Waals surface area contributed by atoms with E-state index in [1.165, 1.54) is 18.5 Å². The van der Waals surface area contributed by atoms with Gasteiger partial charge in [-0.25, -0.2) is 4.79 Å². The molecule has 0 unspecified atom stereocenters. The van der Waals surface area contributed by atoms with Crippen molar-refractivity contribution in [3.8, 4) is 5.75 Å². The van der Waals surface area contributed by atoms with Crippen LogP contribution in [-0.2, 0) is 6.61 Å². The minimum atomic E-state index is -1.02. The maximum absolute atomic E-state index is 10.9. The Morgan fingerprint density at radius 1 is 1.38 bits per heavy atom. The first-order chi connectivity index (χ1) is 10.1. The Balaban J connectivity index is 2.00. The van der Waals surface area contributed by atoms with Gasteiger partial charge < -0.3 is 9.84 Å². The van der Waals surface area contributed by atoms with Crippen LogP contribution in [0, 0.1) is 0 Å². The summed E-state index contributed by atoms with van der Waals surface area (Å²) in [6, 6.07) is 3.76. The number of carboxylic acid groups (broad SMARTS) is 1. The minimum Gasteiger partial charge on any atom is -0.486 e. The molecule has 6 heteroatoms. The van der Waals surface area contributed by atoms with E-state index in [9.17, 15) is 4.79 Å². The molecule has 0 amide bonds. The molecule has 0 aliphatic rings. The van der Waals surface area contributed by atoms with E-state index in [1.54, 1.807) is 0 Å². The predicted octanol–water partition coefficient (Wildman–Crippen LogP) is 2.92. The first kappa shape index (κ1) is 15.0. The van der Waals surface area contributed by atoms with Gasteiger partial charge in [-0.05, 0) is 25.0 Å². The van der Waals surface area contributed by atoms with Crippen LogP contribution in [0.1, 0.15) is 48.8 Å². The van der Waals surface area contributed by atoms with Crippen LogP contribution in [0.3, 0.4) is 0 Å². The molecule has 0 aliphatic carbocycles. The third-order valence-corrected chi connectivity index (χ3v) is 3.33. The van der Waals surface area contributed by atoms with Gasteiger partial charge in [0.15, 0.2) is 0 Å². The fourth-order valence-corrected chi connectivity index (χ4v) is 2.09. The van der Waals surface area contributed by atoms with Gasteiger partial charge in [0.2, 0.25) is 0 Å². The van der Waals surface area contributed by atoms with Crippen LogP contribution in [0.25, 0.3) is 0 Å². The Labute approximate surface area is 123 Å². The Morgan fingerprint density at radius 2 is 2.14 bits per heavy atom. The Bertz CT molecular complexity index is 606. The zero-order valence-electron chi connectivity index (χ0n) is 12.2. The molecule has 0 saturated heterocycles. The second-order valence-electron chi connectivity index (χ2n) is 4.76. The molecule has 1 N–H and O–H groups in total. The lowest BCUT2D eigenvalue weighted by atomic mass is 10.2. The number of carboxylic acids is 1. The van der Waals surface area contributed by atoms with E-state index in [0.29, 0.717) is 11.8 Å². The van der Waals surface area contributed by atoms with Crippen LogP contribution in [0.15, 0.2) is 30.7 Å². The molecule has 0 aromatic carbocycles. The fourth-order valence-electron chi connectivity index (χ4n) is 2.09. The van der Waals surface area contributed by atoms with Crippen molar-refractivity contribution in [2.24, 2.45) is 0 Å². The molecule has 112 valence electrons.